The quantitative estimate of drug-likeness (QED) is 0.927. The van der Waals surface area contributed by atoms with Crippen LogP contribution in [0.25, 0.3) is 11.1 Å². The third-order valence-electron chi connectivity index (χ3n) is 4.07. The molecule has 1 aromatic carbocycles. The fourth-order valence-electron chi connectivity index (χ4n) is 3.11. The molecule has 0 saturated carbocycles. The maximum Gasteiger partial charge on any atom is 0.203 e. The summed E-state index contributed by atoms with van der Waals surface area (Å²) < 4.78 is 6.08. The Bertz CT molecular complexity index is 599. The van der Waals surface area contributed by atoms with E-state index < -0.39 is 0 Å². The monoisotopic (exact) mass is 278 g/mol. The molecule has 0 spiro atoms. The van der Waals surface area contributed by atoms with Gasteiger partial charge in [0.05, 0.1) is 5.41 Å². The topological polar surface area (TPSA) is 38.1 Å². The second-order valence-electron chi connectivity index (χ2n) is 5.55. The molecule has 0 radical (unpaired) electrons. The first-order valence-corrected chi connectivity index (χ1v) is 7.30. The molecule has 1 unspecified atom stereocenters. The summed E-state index contributed by atoms with van der Waals surface area (Å²) >= 11 is 6.09. The minimum atomic E-state index is 0.0622. The summed E-state index contributed by atoms with van der Waals surface area (Å²) in [6.45, 7) is 6.23. The number of hydrogen-bond donors (Lipinski definition) is 1. The van der Waals surface area contributed by atoms with Crippen LogP contribution in [-0.2, 0) is 5.41 Å². The summed E-state index contributed by atoms with van der Waals surface area (Å²) in [7, 11) is 0. The van der Waals surface area contributed by atoms with Gasteiger partial charge in [0.2, 0.25) is 5.89 Å². The number of nitrogens with one attached hydrogen (secondary N) is 1. The first-order chi connectivity index (χ1) is 9.14. The van der Waals surface area contributed by atoms with Crippen molar-refractivity contribution in [1.82, 2.24) is 10.3 Å². The van der Waals surface area contributed by atoms with Crippen molar-refractivity contribution in [3.8, 4) is 0 Å². The van der Waals surface area contributed by atoms with Gasteiger partial charge >= 0.3 is 0 Å². The van der Waals surface area contributed by atoms with E-state index in [-0.39, 0.29) is 5.41 Å². The lowest BCUT2D eigenvalue weighted by atomic mass is 9.82. The maximum atomic E-state index is 6.09. The van der Waals surface area contributed by atoms with Gasteiger partial charge in [-0.05, 0) is 44.0 Å². The number of oxazole rings is 1. The predicted molar refractivity (Wildman–Crippen MR) is 77.8 cm³/mol. The van der Waals surface area contributed by atoms with Gasteiger partial charge in [-0.2, -0.15) is 0 Å². The Labute approximate surface area is 118 Å². The highest BCUT2D eigenvalue weighted by Crippen LogP contribution is 2.37. The Morgan fingerprint density at radius 3 is 3.00 bits per heavy atom. The zero-order valence-corrected chi connectivity index (χ0v) is 12.2. The molecule has 1 aliphatic rings. The summed E-state index contributed by atoms with van der Waals surface area (Å²) in [6.07, 6.45) is 3.35. The third-order valence-corrected chi connectivity index (χ3v) is 4.28. The van der Waals surface area contributed by atoms with E-state index in [9.17, 15) is 0 Å². The Hall–Kier alpha value is -1.06. The lowest BCUT2D eigenvalue weighted by Gasteiger charge is -2.23. The first kappa shape index (κ1) is 12.9. The Morgan fingerprint density at radius 1 is 1.47 bits per heavy atom. The molecular formula is C15H19ClN2O. The van der Waals surface area contributed by atoms with Gasteiger partial charge < -0.3 is 9.73 Å². The van der Waals surface area contributed by atoms with Crippen LogP contribution in [-0.4, -0.2) is 18.1 Å². The van der Waals surface area contributed by atoms with E-state index in [0.29, 0.717) is 0 Å². The molecule has 102 valence electrons. The molecule has 1 atom stereocenters. The number of aryl methyl sites for hydroxylation is 1. The number of rotatable bonds is 3. The van der Waals surface area contributed by atoms with Crippen LogP contribution in [0.2, 0.25) is 5.02 Å². The van der Waals surface area contributed by atoms with Gasteiger partial charge in [0, 0.05) is 11.6 Å². The summed E-state index contributed by atoms with van der Waals surface area (Å²) in [4.78, 5) is 4.72. The minimum Gasteiger partial charge on any atom is -0.440 e. The average molecular weight is 279 g/mol. The van der Waals surface area contributed by atoms with Gasteiger partial charge in [0.1, 0.15) is 5.52 Å². The van der Waals surface area contributed by atoms with Crippen LogP contribution < -0.4 is 5.32 Å². The summed E-state index contributed by atoms with van der Waals surface area (Å²) in [5, 5.41) is 4.16. The number of aromatic nitrogens is 1. The van der Waals surface area contributed by atoms with E-state index in [1.54, 1.807) is 0 Å². The molecule has 0 amide bonds. The Balaban J connectivity index is 2.11. The van der Waals surface area contributed by atoms with Crippen molar-refractivity contribution in [2.45, 2.75) is 38.5 Å². The molecule has 1 aromatic heterocycles. The molecule has 1 N–H and O–H groups in total. The van der Waals surface area contributed by atoms with Crippen LogP contribution >= 0.6 is 11.6 Å². The van der Waals surface area contributed by atoms with Crippen molar-refractivity contribution >= 4 is 22.7 Å². The molecule has 1 fully saturated rings. The molecule has 2 heterocycles. The zero-order chi connectivity index (χ0) is 13.5. The fraction of sp³-hybridized carbons (Fsp3) is 0.533. The second-order valence-corrected chi connectivity index (χ2v) is 5.98. The van der Waals surface area contributed by atoms with Crippen LogP contribution in [0.15, 0.2) is 16.5 Å². The van der Waals surface area contributed by atoms with E-state index in [0.717, 1.165) is 59.9 Å². The fourth-order valence-corrected chi connectivity index (χ4v) is 3.38. The molecular weight excluding hydrogens is 260 g/mol. The molecule has 0 aliphatic carbocycles. The molecule has 0 bridgehead atoms. The number of benzene rings is 1. The molecule has 3 nitrogen and oxygen atoms in total. The summed E-state index contributed by atoms with van der Waals surface area (Å²) in [5.74, 6) is 0.875. The van der Waals surface area contributed by atoms with Crippen molar-refractivity contribution in [2.24, 2.45) is 0 Å². The lowest BCUT2D eigenvalue weighted by Crippen LogP contribution is -2.29. The van der Waals surface area contributed by atoms with Gasteiger partial charge in [0.15, 0.2) is 5.58 Å². The zero-order valence-electron chi connectivity index (χ0n) is 11.4. The summed E-state index contributed by atoms with van der Waals surface area (Å²) in [6, 6.07) is 3.82. The van der Waals surface area contributed by atoms with Crippen LogP contribution in [0.3, 0.4) is 0 Å². The maximum absolute atomic E-state index is 6.09. The van der Waals surface area contributed by atoms with Gasteiger partial charge in [-0.15, -0.1) is 0 Å². The van der Waals surface area contributed by atoms with Crippen molar-refractivity contribution in [1.29, 1.82) is 0 Å². The smallest absolute Gasteiger partial charge is 0.203 e. The van der Waals surface area contributed by atoms with Gasteiger partial charge in [-0.25, -0.2) is 4.98 Å². The molecule has 3 rings (SSSR count). The van der Waals surface area contributed by atoms with E-state index >= 15 is 0 Å². The van der Waals surface area contributed by atoms with Crippen molar-refractivity contribution in [3.63, 3.8) is 0 Å². The lowest BCUT2D eigenvalue weighted by molar-refractivity contribution is 0.330. The first-order valence-electron chi connectivity index (χ1n) is 6.92. The Kier molecular flexibility index (Phi) is 3.27. The normalized spacial score (nSPS) is 23.3. The van der Waals surface area contributed by atoms with Gasteiger partial charge in [0.25, 0.3) is 0 Å². The van der Waals surface area contributed by atoms with Crippen molar-refractivity contribution in [2.75, 3.05) is 13.1 Å². The van der Waals surface area contributed by atoms with Crippen molar-refractivity contribution in [3.05, 3.63) is 28.6 Å². The second kappa shape index (κ2) is 4.80. The van der Waals surface area contributed by atoms with Gasteiger partial charge in [-0.3, -0.25) is 0 Å². The standard InChI is InChI=1S/C15H19ClN2O/c1-3-4-15(5-6-17-9-15)14-18-12-8-11(16)7-10(2)13(12)19-14/h7-8,17H,3-6,9H2,1-2H3. The highest BCUT2D eigenvalue weighted by atomic mass is 35.5. The van der Waals surface area contributed by atoms with Crippen LogP contribution in [0, 0.1) is 6.92 Å². The minimum absolute atomic E-state index is 0.0622. The highest BCUT2D eigenvalue weighted by molar-refractivity contribution is 6.31. The van der Waals surface area contributed by atoms with Crippen LogP contribution in [0.1, 0.15) is 37.6 Å². The van der Waals surface area contributed by atoms with Crippen molar-refractivity contribution < 1.29 is 4.42 Å². The van der Waals surface area contributed by atoms with E-state index in [1.807, 2.05) is 19.1 Å². The average Bonchev–Trinajstić information content (AvgIpc) is 2.96. The number of fused-ring (bicyclic) bond motifs is 1. The largest absolute Gasteiger partial charge is 0.440 e. The van der Waals surface area contributed by atoms with Gasteiger partial charge in [-0.1, -0.05) is 24.9 Å². The number of nitrogens with zero attached hydrogens (tertiary/aromatic N) is 1. The number of hydrogen-bond acceptors (Lipinski definition) is 3. The predicted octanol–water partition coefficient (Wildman–Crippen LogP) is 3.82. The third kappa shape index (κ3) is 2.15. The SMILES string of the molecule is CCCC1(c2nc3cc(Cl)cc(C)c3o2)CCNC1. The molecule has 2 aromatic rings. The van der Waals surface area contributed by atoms with E-state index in [1.165, 1.54) is 0 Å². The molecule has 1 saturated heterocycles. The highest BCUT2D eigenvalue weighted by Gasteiger charge is 2.39. The molecule has 1 aliphatic heterocycles. The molecule has 19 heavy (non-hydrogen) atoms. The number of halogens is 1. The van der Waals surface area contributed by atoms with Crippen LogP contribution in [0.4, 0.5) is 0 Å². The summed E-state index contributed by atoms with van der Waals surface area (Å²) in [5.41, 5.74) is 2.87. The Morgan fingerprint density at radius 2 is 2.32 bits per heavy atom. The van der Waals surface area contributed by atoms with E-state index in [2.05, 4.69) is 12.2 Å². The van der Waals surface area contributed by atoms with E-state index in [4.69, 9.17) is 21.0 Å². The molecule has 4 heteroatoms. The van der Waals surface area contributed by atoms with Crippen LogP contribution in [0.5, 0.6) is 0 Å².